The predicted molar refractivity (Wildman–Crippen MR) is 70.1 cm³/mol. The van der Waals surface area contributed by atoms with Gasteiger partial charge in [0, 0.05) is 24.7 Å². The van der Waals surface area contributed by atoms with Gasteiger partial charge in [0.15, 0.2) is 0 Å². The number of benzene rings is 1. The number of aromatic carboxylic acids is 1. The third-order valence-electron chi connectivity index (χ3n) is 3.40. The van der Waals surface area contributed by atoms with E-state index in [4.69, 9.17) is 5.11 Å². The fourth-order valence-corrected chi connectivity index (χ4v) is 2.47. The highest BCUT2D eigenvalue weighted by atomic mass is 16.4. The van der Waals surface area contributed by atoms with Crippen molar-refractivity contribution in [3.05, 3.63) is 36.0 Å². The minimum Gasteiger partial charge on any atom is -0.478 e. The van der Waals surface area contributed by atoms with Gasteiger partial charge in [0.2, 0.25) is 0 Å². The molecule has 92 valence electrons. The van der Waals surface area contributed by atoms with Crippen LogP contribution in [0.4, 0.5) is 5.82 Å². The third-order valence-corrected chi connectivity index (χ3v) is 3.40. The summed E-state index contributed by atoms with van der Waals surface area (Å²) < 4.78 is 0. The van der Waals surface area contributed by atoms with E-state index in [9.17, 15) is 4.79 Å². The summed E-state index contributed by atoms with van der Waals surface area (Å²) in [5.74, 6) is 0.0150. The van der Waals surface area contributed by atoms with Crippen molar-refractivity contribution in [2.45, 2.75) is 12.8 Å². The molecule has 0 saturated carbocycles. The molecule has 0 unspecified atom stereocenters. The molecule has 0 atom stereocenters. The second-order valence-corrected chi connectivity index (χ2v) is 4.57. The molecule has 1 aliphatic heterocycles. The van der Waals surface area contributed by atoms with Crippen molar-refractivity contribution < 1.29 is 9.90 Å². The maximum Gasteiger partial charge on any atom is 0.335 e. The van der Waals surface area contributed by atoms with Crippen LogP contribution in [0.3, 0.4) is 0 Å². The molecule has 18 heavy (non-hydrogen) atoms. The number of hydrogen-bond donors (Lipinski definition) is 1. The van der Waals surface area contributed by atoms with Crippen molar-refractivity contribution >= 4 is 22.6 Å². The minimum absolute atomic E-state index is 0.316. The van der Waals surface area contributed by atoms with Gasteiger partial charge in [-0.25, -0.2) is 9.78 Å². The van der Waals surface area contributed by atoms with Crippen LogP contribution in [0.25, 0.3) is 10.8 Å². The van der Waals surface area contributed by atoms with E-state index < -0.39 is 5.97 Å². The lowest BCUT2D eigenvalue weighted by Gasteiger charge is -2.18. The summed E-state index contributed by atoms with van der Waals surface area (Å²) in [5.41, 5.74) is 0.316. The fraction of sp³-hybridized carbons (Fsp3) is 0.286. The summed E-state index contributed by atoms with van der Waals surface area (Å²) in [6.07, 6.45) is 4.14. The van der Waals surface area contributed by atoms with Crippen LogP contribution in [0.1, 0.15) is 23.2 Å². The first-order valence-electron chi connectivity index (χ1n) is 6.13. The molecule has 4 nitrogen and oxygen atoms in total. The monoisotopic (exact) mass is 242 g/mol. The van der Waals surface area contributed by atoms with E-state index in [0.717, 1.165) is 29.7 Å². The van der Waals surface area contributed by atoms with E-state index in [1.807, 2.05) is 12.1 Å². The van der Waals surface area contributed by atoms with Crippen molar-refractivity contribution in [2.24, 2.45) is 0 Å². The van der Waals surface area contributed by atoms with Crippen LogP contribution in [0.5, 0.6) is 0 Å². The van der Waals surface area contributed by atoms with Gasteiger partial charge in [-0.1, -0.05) is 6.07 Å². The van der Waals surface area contributed by atoms with Gasteiger partial charge < -0.3 is 10.0 Å². The maximum absolute atomic E-state index is 11.0. The molecule has 0 aliphatic carbocycles. The molecule has 1 aliphatic rings. The highest BCUT2D eigenvalue weighted by Crippen LogP contribution is 2.27. The Morgan fingerprint density at radius 3 is 2.72 bits per heavy atom. The van der Waals surface area contributed by atoms with E-state index in [0.29, 0.717) is 5.56 Å². The molecule has 1 fully saturated rings. The van der Waals surface area contributed by atoms with Gasteiger partial charge in [0.25, 0.3) is 0 Å². The number of aromatic nitrogens is 1. The Hall–Kier alpha value is -2.10. The molecule has 0 amide bonds. The minimum atomic E-state index is -0.895. The molecule has 0 spiro atoms. The Morgan fingerprint density at radius 1 is 1.22 bits per heavy atom. The van der Waals surface area contributed by atoms with Crippen LogP contribution in [-0.4, -0.2) is 29.1 Å². The van der Waals surface area contributed by atoms with Gasteiger partial charge >= 0.3 is 5.97 Å². The number of nitrogens with zero attached hydrogens (tertiary/aromatic N) is 2. The largest absolute Gasteiger partial charge is 0.478 e. The lowest BCUT2D eigenvalue weighted by Crippen LogP contribution is -2.19. The van der Waals surface area contributed by atoms with Gasteiger partial charge in [0.1, 0.15) is 5.82 Å². The normalized spacial score (nSPS) is 15.2. The predicted octanol–water partition coefficient (Wildman–Crippen LogP) is 2.53. The number of hydrogen-bond acceptors (Lipinski definition) is 3. The first-order valence-corrected chi connectivity index (χ1v) is 6.13. The number of anilines is 1. The molecular formula is C14H14N2O2. The van der Waals surface area contributed by atoms with Crippen LogP contribution in [-0.2, 0) is 0 Å². The Balaban J connectivity index is 2.17. The van der Waals surface area contributed by atoms with Crippen molar-refractivity contribution in [1.82, 2.24) is 4.98 Å². The Labute approximate surface area is 105 Å². The first-order chi connectivity index (χ1) is 8.75. The van der Waals surface area contributed by atoms with Gasteiger partial charge in [-0.05, 0) is 36.4 Å². The van der Waals surface area contributed by atoms with Gasteiger partial charge in [-0.2, -0.15) is 0 Å². The second-order valence-electron chi connectivity index (χ2n) is 4.57. The van der Waals surface area contributed by atoms with Crippen molar-refractivity contribution in [1.29, 1.82) is 0 Å². The number of rotatable bonds is 2. The van der Waals surface area contributed by atoms with Crippen LogP contribution >= 0.6 is 0 Å². The van der Waals surface area contributed by atoms with Crippen molar-refractivity contribution in [3.8, 4) is 0 Å². The average molecular weight is 242 g/mol. The number of carboxylic acid groups (broad SMARTS) is 1. The van der Waals surface area contributed by atoms with E-state index in [2.05, 4.69) is 9.88 Å². The standard InChI is InChI=1S/C14H14N2O2/c17-14(18)11-4-3-10-5-6-15-13(12(10)9-11)16-7-1-2-8-16/h3-6,9H,1-2,7-8H2,(H,17,18). The highest BCUT2D eigenvalue weighted by Gasteiger charge is 2.16. The smallest absolute Gasteiger partial charge is 0.335 e. The zero-order chi connectivity index (χ0) is 12.5. The maximum atomic E-state index is 11.0. The zero-order valence-electron chi connectivity index (χ0n) is 9.97. The molecule has 1 aromatic carbocycles. The van der Waals surface area contributed by atoms with E-state index in [1.54, 1.807) is 18.3 Å². The molecule has 3 rings (SSSR count). The summed E-state index contributed by atoms with van der Waals surface area (Å²) in [6, 6.07) is 7.12. The SMILES string of the molecule is O=C(O)c1ccc2ccnc(N3CCCC3)c2c1. The van der Waals surface area contributed by atoms with Crippen LogP contribution in [0.15, 0.2) is 30.5 Å². The molecule has 2 heterocycles. The fourth-order valence-electron chi connectivity index (χ4n) is 2.47. The highest BCUT2D eigenvalue weighted by molar-refractivity contribution is 5.98. The number of carboxylic acids is 1. The second kappa shape index (κ2) is 4.29. The van der Waals surface area contributed by atoms with Crippen molar-refractivity contribution in [3.63, 3.8) is 0 Å². The number of fused-ring (bicyclic) bond motifs is 1. The van der Waals surface area contributed by atoms with E-state index >= 15 is 0 Å². The van der Waals surface area contributed by atoms with Gasteiger partial charge in [-0.15, -0.1) is 0 Å². The molecule has 0 radical (unpaired) electrons. The van der Waals surface area contributed by atoms with Crippen LogP contribution in [0.2, 0.25) is 0 Å². The third kappa shape index (κ3) is 1.79. The molecule has 2 aromatic rings. The Morgan fingerprint density at radius 2 is 2.00 bits per heavy atom. The number of carbonyl (C=O) groups is 1. The zero-order valence-corrected chi connectivity index (χ0v) is 9.97. The van der Waals surface area contributed by atoms with E-state index in [1.165, 1.54) is 12.8 Å². The van der Waals surface area contributed by atoms with Gasteiger partial charge in [0.05, 0.1) is 5.56 Å². The molecule has 4 heteroatoms. The lowest BCUT2D eigenvalue weighted by molar-refractivity contribution is 0.0697. The molecule has 0 bridgehead atoms. The summed E-state index contributed by atoms with van der Waals surface area (Å²) in [7, 11) is 0. The molecule has 1 aromatic heterocycles. The topological polar surface area (TPSA) is 53.4 Å². The van der Waals surface area contributed by atoms with Gasteiger partial charge in [-0.3, -0.25) is 0 Å². The molecule has 1 saturated heterocycles. The Kier molecular flexibility index (Phi) is 2.63. The molecule has 1 N–H and O–H groups in total. The quantitative estimate of drug-likeness (QED) is 0.879. The summed E-state index contributed by atoms with van der Waals surface area (Å²) in [6.45, 7) is 2.01. The van der Waals surface area contributed by atoms with E-state index in [-0.39, 0.29) is 0 Å². The number of pyridine rings is 1. The van der Waals surface area contributed by atoms with Crippen LogP contribution < -0.4 is 4.90 Å². The van der Waals surface area contributed by atoms with Crippen LogP contribution in [0, 0.1) is 0 Å². The summed E-state index contributed by atoms with van der Waals surface area (Å²) >= 11 is 0. The first kappa shape index (κ1) is 11.0. The lowest BCUT2D eigenvalue weighted by atomic mass is 10.1. The summed E-state index contributed by atoms with van der Waals surface area (Å²) in [4.78, 5) is 17.7. The Bertz CT molecular complexity index is 604. The molecular weight excluding hydrogens is 228 g/mol. The summed E-state index contributed by atoms with van der Waals surface area (Å²) in [5, 5.41) is 11.0. The average Bonchev–Trinajstić information content (AvgIpc) is 2.91. The van der Waals surface area contributed by atoms with Crippen molar-refractivity contribution in [2.75, 3.05) is 18.0 Å².